The molecule has 0 aromatic heterocycles. The maximum absolute atomic E-state index is 13.5. The second-order valence-corrected chi connectivity index (χ2v) is 3.83. The molecule has 0 bridgehead atoms. The summed E-state index contributed by atoms with van der Waals surface area (Å²) in [6.45, 7) is 0.178. The van der Waals surface area contributed by atoms with Gasteiger partial charge in [-0.3, -0.25) is 4.79 Å². The molecule has 3 nitrogen and oxygen atoms in total. The minimum absolute atomic E-state index is 0.133. The first-order valence-corrected chi connectivity index (χ1v) is 4.97. The highest BCUT2D eigenvalue weighted by molar-refractivity contribution is 5.96. The van der Waals surface area contributed by atoms with Crippen LogP contribution in [0.1, 0.15) is 6.42 Å². The third-order valence-electron chi connectivity index (χ3n) is 2.67. The van der Waals surface area contributed by atoms with Crippen molar-refractivity contribution in [3.05, 3.63) is 23.8 Å². The molecule has 1 saturated heterocycles. The van der Waals surface area contributed by atoms with Gasteiger partial charge < -0.3 is 10.0 Å². The van der Waals surface area contributed by atoms with E-state index in [2.05, 4.69) is 5.92 Å². The van der Waals surface area contributed by atoms with Crippen molar-refractivity contribution in [1.82, 2.24) is 0 Å². The van der Waals surface area contributed by atoms with Crippen molar-refractivity contribution in [2.75, 3.05) is 11.4 Å². The normalized spacial score (nSPS) is 19.5. The number of aromatic hydroxyl groups is 1. The summed E-state index contributed by atoms with van der Waals surface area (Å²) in [4.78, 5) is 12.7. The maximum atomic E-state index is 13.5. The van der Waals surface area contributed by atoms with Gasteiger partial charge in [0.1, 0.15) is 5.82 Å². The number of phenols is 1. The van der Waals surface area contributed by atoms with Gasteiger partial charge >= 0.3 is 0 Å². The zero-order valence-corrected chi connectivity index (χ0v) is 8.78. The first kappa shape index (κ1) is 11.4. The Morgan fingerprint density at radius 2 is 2.12 bits per heavy atom. The fraction of sp³-hybridized carbons (Fsp3) is 0.250. The van der Waals surface area contributed by atoms with Gasteiger partial charge in [-0.2, -0.15) is 0 Å². The summed E-state index contributed by atoms with van der Waals surface area (Å²) in [6.07, 6.45) is 5.33. The van der Waals surface area contributed by atoms with Crippen LogP contribution in [0.15, 0.2) is 12.1 Å². The molecule has 1 heterocycles. The van der Waals surface area contributed by atoms with Crippen molar-refractivity contribution in [2.24, 2.45) is 5.92 Å². The average Bonchev–Trinajstić information content (AvgIpc) is 2.65. The first-order chi connectivity index (χ1) is 8.02. The summed E-state index contributed by atoms with van der Waals surface area (Å²) in [5.74, 6) is -0.857. The van der Waals surface area contributed by atoms with Crippen molar-refractivity contribution >= 4 is 11.6 Å². The molecular weight excluding hydrogens is 228 g/mol. The van der Waals surface area contributed by atoms with Crippen LogP contribution < -0.4 is 4.90 Å². The lowest BCUT2D eigenvalue weighted by molar-refractivity contribution is -0.117. The van der Waals surface area contributed by atoms with E-state index in [0.717, 1.165) is 11.0 Å². The molecule has 1 amide bonds. The Hall–Kier alpha value is -2.09. The monoisotopic (exact) mass is 237 g/mol. The highest BCUT2D eigenvalue weighted by Crippen LogP contribution is 2.31. The lowest BCUT2D eigenvalue weighted by atomic mass is 10.1. The lowest BCUT2D eigenvalue weighted by Gasteiger charge is -2.17. The Balaban J connectivity index is 2.39. The molecule has 0 saturated carbocycles. The van der Waals surface area contributed by atoms with Crippen LogP contribution in [0.3, 0.4) is 0 Å². The molecule has 2 rings (SSSR count). The molecule has 1 N–H and O–H groups in total. The summed E-state index contributed by atoms with van der Waals surface area (Å²) in [5, 5.41) is 9.17. The molecule has 1 fully saturated rings. The van der Waals surface area contributed by atoms with Gasteiger partial charge in [-0.15, -0.1) is 12.3 Å². The highest BCUT2D eigenvalue weighted by Gasteiger charge is 2.31. The van der Waals surface area contributed by atoms with Crippen LogP contribution in [-0.2, 0) is 4.79 Å². The summed E-state index contributed by atoms with van der Waals surface area (Å²) >= 11 is 0. The van der Waals surface area contributed by atoms with Crippen LogP contribution >= 0.6 is 0 Å². The molecule has 0 spiro atoms. The first-order valence-electron chi connectivity index (χ1n) is 4.97. The number of carbonyl (C=O) groups is 1. The van der Waals surface area contributed by atoms with E-state index in [9.17, 15) is 18.7 Å². The largest absolute Gasteiger partial charge is 0.505 e. The quantitative estimate of drug-likeness (QED) is 0.754. The highest BCUT2D eigenvalue weighted by atomic mass is 19.1. The molecule has 1 aromatic carbocycles. The molecule has 88 valence electrons. The number of amides is 1. The van der Waals surface area contributed by atoms with E-state index in [4.69, 9.17) is 6.42 Å². The standard InChI is InChI=1S/C12H9F2NO2/c1-2-7-3-12(17)15(6-7)10-5-11(16)9(14)4-8(10)13/h1,4-5,7,16H,3,6H2. The van der Waals surface area contributed by atoms with Gasteiger partial charge in [-0.05, 0) is 0 Å². The number of halogens is 2. The van der Waals surface area contributed by atoms with E-state index in [1.807, 2.05) is 0 Å². The van der Waals surface area contributed by atoms with E-state index < -0.39 is 17.4 Å². The van der Waals surface area contributed by atoms with Crippen LogP contribution in [0, 0.1) is 29.9 Å². The van der Waals surface area contributed by atoms with Crippen molar-refractivity contribution in [2.45, 2.75) is 6.42 Å². The number of anilines is 1. The fourth-order valence-corrected chi connectivity index (χ4v) is 1.79. The van der Waals surface area contributed by atoms with Crippen LogP contribution in [0.4, 0.5) is 14.5 Å². The topological polar surface area (TPSA) is 40.5 Å². The summed E-state index contributed by atoms with van der Waals surface area (Å²) in [6, 6.07) is 1.43. The van der Waals surface area contributed by atoms with Gasteiger partial charge in [-0.25, -0.2) is 8.78 Å². The fourth-order valence-electron chi connectivity index (χ4n) is 1.79. The van der Waals surface area contributed by atoms with Crippen LogP contribution in [-0.4, -0.2) is 17.6 Å². The Kier molecular flexibility index (Phi) is 2.72. The van der Waals surface area contributed by atoms with E-state index in [-0.39, 0.29) is 30.5 Å². The maximum Gasteiger partial charge on any atom is 0.228 e. The summed E-state index contributed by atoms with van der Waals surface area (Å²) < 4.78 is 26.4. The zero-order valence-electron chi connectivity index (χ0n) is 8.78. The number of nitrogens with zero attached hydrogens (tertiary/aromatic N) is 1. The average molecular weight is 237 g/mol. The SMILES string of the molecule is C#CC1CC(=O)N(c2cc(O)c(F)cc2F)C1. The Bertz CT molecular complexity index is 522. The van der Waals surface area contributed by atoms with Crippen LogP contribution in [0.5, 0.6) is 5.75 Å². The number of benzene rings is 1. The zero-order chi connectivity index (χ0) is 12.6. The molecule has 1 unspecified atom stereocenters. The number of terminal acetylenes is 1. The van der Waals surface area contributed by atoms with E-state index >= 15 is 0 Å². The Morgan fingerprint density at radius 1 is 1.41 bits per heavy atom. The molecule has 1 aliphatic rings. The van der Waals surface area contributed by atoms with Crippen molar-refractivity contribution in [3.63, 3.8) is 0 Å². The lowest BCUT2D eigenvalue weighted by Crippen LogP contribution is -2.25. The van der Waals surface area contributed by atoms with Crippen LogP contribution in [0.2, 0.25) is 0 Å². The molecule has 5 heteroatoms. The number of hydrogen-bond acceptors (Lipinski definition) is 2. The van der Waals surface area contributed by atoms with Gasteiger partial charge in [0.05, 0.1) is 5.69 Å². The van der Waals surface area contributed by atoms with Crippen LogP contribution in [0.25, 0.3) is 0 Å². The minimum atomic E-state index is -1.06. The second-order valence-electron chi connectivity index (χ2n) is 3.83. The van der Waals surface area contributed by atoms with E-state index in [1.165, 1.54) is 0 Å². The number of carbonyl (C=O) groups excluding carboxylic acids is 1. The predicted molar refractivity (Wildman–Crippen MR) is 57.3 cm³/mol. The van der Waals surface area contributed by atoms with Crippen molar-refractivity contribution in [1.29, 1.82) is 0 Å². The number of phenolic OH excluding ortho intramolecular Hbond substituents is 1. The van der Waals surface area contributed by atoms with Gasteiger partial charge in [0, 0.05) is 31.0 Å². The molecule has 1 atom stereocenters. The van der Waals surface area contributed by atoms with Gasteiger partial charge in [0.2, 0.25) is 5.91 Å². The van der Waals surface area contributed by atoms with Crippen molar-refractivity contribution in [3.8, 4) is 18.1 Å². The van der Waals surface area contributed by atoms with Gasteiger partial charge in [0.15, 0.2) is 11.6 Å². The van der Waals surface area contributed by atoms with Crippen molar-refractivity contribution < 1.29 is 18.7 Å². The second kappa shape index (κ2) is 4.06. The smallest absolute Gasteiger partial charge is 0.228 e. The molecule has 0 radical (unpaired) electrons. The van der Waals surface area contributed by atoms with Gasteiger partial charge in [0.25, 0.3) is 0 Å². The Labute approximate surface area is 96.7 Å². The molecule has 1 aromatic rings. The van der Waals surface area contributed by atoms with E-state index in [0.29, 0.717) is 6.07 Å². The third kappa shape index (κ3) is 1.94. The van der Waals surface area contributed by atoms with Gasteiger partial charge in [-0.1, -0.05) is 0 Å². The molecule has 0 aliphatic carbocycles. The third-order valence-corrected chi connectivity index (χ3v) is 2.67. The number of hydrogen-bond donors (Lipinski definition) is 1. The minimum Gasteiger partial charge on any atom is -0.505 e. The molecule has 17 heavy (non-hydrogen) atoms. The molecular formula is C12H9F2NO2. The number of rotatable bonds is 1. The predicted octanol–water partition coefficient (Wildman–Crippen LogP) is 1.66. The molecule has 1 aliphatic heterocycles. The summed E-state index contributed by atoms with van der Waals surface area (Å²) in [7, 11) is 0. The Morgan fingerprint density at radius 3 is 2.71 bits per heavy atom. The van der Waals surface area contributed by atoms with E-state index in [1.54, 1.807) is 0 Å². The summed E-state index contributed by atoms with van der Waals surface area (Å²) in [5.41, 5.74) is -0.147.